The fourth-order valence-electron chi connectivity index (χ4n) is 3.55. The van der Waals surface area contributed by atoms with Gasteiger partial charge in [0.25, 0.3) is 5.69 Å². The number of rotatable bonds is 5. The first kappa shape index (κ1) is 25.9. The molecule has 14 heteroatoms. The van der Waals surface area contributed by atoms with Gasteiger partial charge in [0.05, 0.1) is 29.3 Å². The van der Waals surface area contributed by atoms with E-state index in [1.807, 2.05) is 6.07 Å². The first-order valence-electron chi connectivity index (χ1n) is 11.0. The Morgan fingerprint density at radius 1 is 1.24 bits per heavy atom. The number of halogens is 2. The van der Waals surface area contributed by atoms with Crippen molar-refractivity contribution in [2.75, 3.05) is 5.32 Å². The third-order valence-corrected chi connectivity index (χ3v) is 5.19. The lowest BCUT2D eigenvalue weighted by Gasteiger charge is -2.19. The van der Waals surface area contributed by atoms with Crippen molar-refractivity contribution in [1.82, 2.24) is 19.1 Å². The molecule has 0 spiro atoms. The van der Waals surface area contributed by atoms with Crippen LogP contribution in [0.1, 0.15) is 31.9 Å². The van der Waals surface area contributed by atoms with Crippen molar-refractivity contribution >= 4 is 34.6 Å². The molecule has 4 aromatic rings. The van der Waals surface area contributed by atoms with Gasteiger partial charge in [-0.3, -0.25) is 14.7 Å². The van der Waals surface area contributed by atoms with Gasteiger partial charge in [0.15, 0.2) is 5.65 Å². The Balaban J connectivity index is 1.90. The predicted molar refractivity (Wildman–Crippen MR) is 130 cm³/mol. The van der Waals surface area contributed by atoms with Crippen LogP contribution in [-0.2, 0) is 11.3 Å². The van der Waals surface area contributed by atoms with Crippen LogP contribution in [0.15, 0.2) is 47.4 Å². The van der Waals surface area contributed by atoms with Gasteiger partial charge in [-0.1, -0.05) is 6.07 Å². The van der Waals surface area contributed by atoms with Crippen LogP contribution in [0, 0.1) is 33.1 Å². The predicted octanol–water partition coefficient (Wildman–Crippen LogP) is 4.23. The van der Waals surface area contributed by atoms with E-state index in [0.717, 1.165) is 35.0 Å². The smallest absolute Gasteiger partial charge is 0.423 e. The third kappa shape index (κ3) is 5.03. The Morgan fingerprint density at radius 3 is 2.53 bits per heavy atom. The summed E-state index contributed by atoms with van der Waals surface area (Å²) in [5.74, 6) is -2.10. The quantitative estimate of drug-likeness (QED) is 0.298. The van der Waals surface area contributed by atoms with Crippen LogP contribution < -0.4 is 11.0 Å². The minimum absolute atomic E-state index is 0.113. The summed E-state index contributed by atoms with van der Waals surface area (Å²) in [7, 11) is 0. The molecule has 0 saturated heterocycles. The summed E-state index contributed by atoms with van der Waals surface area (Å²) < 4.78 is 35.6. The molecular weight excluding hydrogens is 504 g/mol. The minimum Gasteiger partial charge on any atom is -0.443 e. The molecule has 0 aliphatic heterocycles. The molecule has 0 atom stereocenters. The molecule has 12 nitrogen and oxygen atoms in total. The van der Waals surface area contributed by atoms with Gasteiger partial charge in [-0.15, -0.1) is 0 Å². The average molecular weight is 523 g/mol. The SMILES string of the molecule is CC(C)(C)OC(=O)n1c(=O)n(Cc2c(F)cccc2F)c2nc(Nc3cc(C#N)ccc3[N+](=O)[O-])ncc21. The fourth-order valence-corrected chi connectivity index (χ4v) is 3.55. The van der Waals surface area contributed by atoms with E-state index in [4.69, 9.17) is 10.00 Å². The number of fused-ring (bicyclic) bond motifs is 1. The highest BCUT2D eigenvalue weighted by molar-refractivity contribution is 5.85. The number of benzene rings is 2. The Morgan fingerprint density at radius 2 is 1.92 bits per heavy atom. The molecule has 0 unspecified atom stereocenters. The highest BCUT2D eigenvalue weighted by Crippen LogP contribution is 2.28. The van der Waals surface area contributed by atoms with Crippen LogP contribution >= 0.6 is 0 Å². The maximum absolute atomic E-state index is 14.4. The second-order valence-electron chi connectivity index (χ2n) is 9.01. The molecule has 0 aliphatic rings. The topological polar surface area (TPSA) is 158 Å². The van der Waals surface area contributed by atoms with Crippen molar-refractivity contribution in [3.63, 3.8) is 0 Å². The van der Waals surface area contributed by atoms with Crippen molar-refractivity contribution in [3.8, 4) is 6.07 Å². The fraction of sp³-hybridized carbons (Fsp3) is 0.208. The third-order valence-electron chi connectivity index (χ3n) is 5.19. The summed E-state index contributed by atoms with van der Waals surface area (Å²) in [6.07, 6.45) is 0.0198. The number of carbonyl (C=O) groups excluding carboxylic acids is 1. The van der Waals surface area contributed by atoms with Gasteiger partial charge < -0.3 is 10.1 Å². The van der Waals surface area contributed by atoms with E-state index in [2.05, 4.69) is 15.3 Å². The van der Waals surface area contributed by atoms with Crippen LogP contribution in [-0.4, -0.2) is 35.7 Å². The molecule has 0 radical (unpaired) electrons. The zero-order valence-electron chi connectivity index (χ0n) is 20.2. The lowest BCUT2D eigenvalue weighted by atomic mass is 10.2. The molecule has 0 saturated carbocycles. The summed E-state index contributed by atoms with van der Waals surface area (Å²) in [5.41, 5.74) is -3.16. The van der Waals surface area contributed by atoms with E-state index in [0.29, 0.717) is 4.57 Å². The Kier molecular flexibility index (Phi) is 6.60. The number of ether oxygens (including phenoxy) is 1. The van der Waals surface area contributed by atoms with Gasteiger partial charge >= 0.3 is 11.8 Å². The van der Waals surface area contributed by atoms with E-state index in [9.17, 15) is 28.5 Å². The van der Waals surface area contributed by atoms with Crippen LogP contribution in [0.2, 0.25) is 0 Å². The molecule has 2 aromatic carbocycles. The van der Waals surface area contributed by atoms with Crippen molar-refractivity contribution in [2.45, 2.75) is 32.9 Å². The number of aromatic nitrogens is 4. The molecule has 1 N–H and O–H groups in total. The average Bonchev–Trinajstić information content (AvgIpc) is 3.10. The zero-order chi connectivity index (χ0) is 27.8. The molecule has 4 rings (SSSR count). The summed E-state index contributed by atoms with van der Waals surface area (Å²) in [6, 6.07) is 8.64. The number of nitrogens with zero attached hydrogens (tertiary/aromatic N) is 6. The van der Waals surface area contributed by atoms with Crippen molar-refractivity contribution in [3.05, 3.63) is 86.0 Å². The van der Waals surface area contributed by atoms with Crippen LogP contribution in [0.5, 0.6) is 0 Å². The van der Waals surface area contributed by atoms with Crippen LogP contribution in [0.25, 0.3) is 11.2 Å². The van der Waals surface area contributed by atoms with Gasteiger partial charge in [0, 0.05) is 11.6 Å². The van der Waals surface area contributed by atoms with Gasteiger partial charge in [0.2, 0.25) is 5.95 Å². The molecule has 38 heavy (non-hydrogen) atoms. The molecular formula is C24H19F2N7O5. The maximum atomic E-state index is 14.4. The number of nitriles is 1. The first-order chi connectivity index (χ1) is 17.9. The number of anilines is 2. The first-order valence-corrected chi connectivity index (χ1v) is 11.0. The number of hydrogen-bond acceptors (Lipinski definition) is 9. The second-order valence-corrected chi connectivity index (χ2v) is 9.01. The molecule has 0 aliphatic carbocycles. The number of nitrogens with one attached hydrogen (secondary N) is 1. The van der Waals surface area contributed by atoms with Gasteiger partial charge in [-0.2, -0.15) is 14.8 Å². The van der Waals surface area contributed by atoms with E-state index < -0.39 is 46.0 Å². The monoisotopic (exact) mass is 523 g/mol. The summed E-state index contributed by atoms with van der Waals surface area (Å²) in [4.78, 5) is 45.2. The Labute approximate surface area is 212 Å². The highest BCUT2D eigenvalue weighted by atomic mass is 19.1. The molecule has 2 aromatic heterocycles. The second kappa shape index (κ2) is 9.69. The number of imidazole rings is 1. The van der Waals surface area contributed by atoms with Gasteiger partial charge in [0.1, 0.15) is 28.4 Å². The highest BCUT2D eigenvalue weighted by Gasteiger charge is 2.27. The van der Waals surface area contributed by atoms with Crippen molar-refractivity contribution in [1.29, 1.82) is 5.26 Å². The van der Waals surface area contributed by atoms with Crippen LogP contribution in [0.4, 0.5) is 30.9 Å². The van der Waals surface area contributed by atoms with Crippen molar-refractivity contribution < 1.29 is 23.2 Å². The molecule has 0 fully saturated rings. The van der Waals surface area contributed by atoms with E-state index >= 15 is 0 Å². The van der Waals surface area contributed by atoms with E-state index in [1.165, 1.54) is 12.1 Å². The maximum Gasteiger partial charge on any atom is 0.423 e. The Hall–Kier alpha value is -5.19. The molecule has 194 valence electrons. The largest absolute Gasteiger partial charge is 0.443 e. The number of nitro groups is 1. The zero-order valence-corrected chi connectivity index (χ0v) is 20.2. The number of hydrogen-bond donors (Lipinski definition) is 1. The summed E-state index contributed by atoms with van der Waals surface area (Å²) >= 11 is 0. The lowest BCUT2D eigenvalue weighted by Crippen LogP contribution is -2.34. The van der Waals surface area contributed by atoms with Crippen molar-refractivity contribution in [2.24, 2.45) is 0 Å². The normalized spacial score (nSPS) is 11.3. The number of carbonyl (C=O) groups is 1. The summed E-state index contributed by atoms with van der Waals surface area (Å²) in [5, 5.41) is 23.2. The van der Waals surface area contributed by atoms with E-state index in [1.54, 1.807) is 20.8 Å². The van der Waals surface area contributed by atoms with Gasteiger partial charge in [-0.25, -0.2) is 23.4 Å². The standard InChI is InChI=1S/C24H19F2N7O5/c1-24(2,3)38-23(35)32-19-11-28-21(29-17-9-13(10-27)7-8-18(17)33(36)37)30-20(19)31(22(32)34)12-14-15(25)5-4-6-16(14)26/h4-9,11H,12H2,1-3H3,(H,28,29,30). The minimum atomic E-state index is -1.07. The summed E-state index contributed by atoms with van der Waals surface area (Å²) in [6.45, 7) is 4.13. The Bertz CT molecular complexity index is 1680. The molecule has 0 amide bonds. The van der Waals surface area contributed by atoms with Gasteiger partial charge in [-0.05, 0) is 45.0 Å². The number of nitro benzene ring substituents is 1. The molecule has 2 heterocycles. The lowest BCUT2D eigenvalue weighted by molar-refractivity contribution is -0.383. The van der Waals surface area contributed by atoms with Crippen LogP contribution in [0.3, 0.4) is 0 Å². The molecule has 0 bridgehead atoms. The van der Waals surface area contributed by atoms with E-state index in [-0.39, 0.29) is 34.1 Å².